The zero-order valence-electron chi connectivity index (χ0n) is 10.1. The number of hydrogen-bond acceptors (Lipinski definition) is 4. The second-order valence-corrected chi connectivity index (χ2v) is 6.41. The van der Waals surface area contributed by atoms with Crippen LogP contribution in [0.1, 0.15) is 5.56 Å². The second-order valence-electron chi connectivity index (χ2n) is 4.35. The Morgan fingerprint density at radius 1 is 1.21 bits per heavy atom. The van der Waals surface area contributed by atoms with Gasteiger partial charge in [-0.3, -0.25) is 9.59 Å². The van der Waals surface area contributed by atoms with Crippen molar-refractivity contribution in [3.8, 4) is 0 Å². The molecule has 0 aliphatic carbocycles. The predicted molar refractivity (Wildman–Crippen MR) is 68.8 cm³/mol. The maximum Gasteiger partial charge on any atom is 0.318 e. The number of sulfone groups is 1. The van der Waals surface area contributed by atoms with Gasteiger partial charge >= 0.3 is 5.97 Å². The van der Waals surface area contributed by atoms with Crippen molar-refractivity contribution in [3.63, 3.8) is 0 Å². The summed E-state index contributed by atoms with van der Waals surface area (Å²) in [6.07, 6.45) is 0.681. The van der Waals surface area contributed by atoms with Crippen molar-refractivity contribution in [1.29, 1.82) is 0 Å². The zero-order valence-corrected chi connectivity index (χ0v) is 10.9. The average molecular weight is 283 g/mol. The van der Waals surface area contributed by atoms with E-state index < -0.39 is 33.2 Å². The number of aliphatic carboxylic acids is 1. The smallest absolute Gasteiger partial charge is 0.318 e. The van der Waals surface area contributed by atoms with Crippen LogP contribution in [0.2, 0.25) is 0 Å². The summed E-state index contributed by atoms with van der Waals surface area (Å²) in [4.78, 5) is 23.8. The Balaban J connectivity index is 2.13. The van der Waals surface area contributed by atoms with E-state index in [0.717, 1.165) is 5.56 Å². The molecule has 0 atom stereocenters. The highest BCUT2D eigenvalue weighted by Gasteiger charge is 2.28. The Morgan fingerprint density at radius 2 is 1.89 bits per heavy atom. The molecule has 1 aromatic rings. The van der Waals surface area contributed by atoms with Crippen LogP contribution in [0.15, 0.2) is 24.3 Å². The highest BCUT2D eigenvalue weighted by atomic mass is 32.2. The SMILES string of the molecule is O=C(O)CS(=O)(=O)CC(=O)N1CCc2ccccc21. The van der Waals surface area contributed by atoms with Gasteiger partial charge in [0.1, 0.15) is 11.5 Å². The quantitative estimate of drug-likeness (QED) is 0.844. The van der Waals surface area contributed by atoms with Crippen molar-refractivity contribution >= 4 is 27.4 Å². The molecule has 1 aliphatic rings. The van der Waals surface area contributed by atoms with Crippen LogP contribution >= 0.6 is 0 Å². The van der Waals surface area contributed by atoms with E-state index in [2.05, 4.69) is 0 Å². The molecule has 2 rings (SSSR count). The van der Waals surface area contributed by atoms with Crippen LogP contribution in [0.4, 0.5) is 5.69 Å². The van der Waals surface area contributed by atoms with Gasteiger partial charge in [-0.25, -0.2) is 8.42 Å². The first-order valence-corrected chi connectivity index (χ1v) is 7.52. The van der Waals surface area contributed by atoms with Crippen LogP contribution in [0.3, 0.4) is 0 Å². The molecule has 19 heavy (non-hydrogen) atoms. The van der Waals surface area contributed by atoms with Crippen molar-refractivity contribution in [1.82, 2.24) is 0 Å². The van der Waals surface area contributed by atoms with Gasteiger partial charge in [0.15, 0.2) is 9.84 Å². The minimum atomic E-state index is -3.91. The fraction of sp³-hybridized carbons (Fsp3) is 0.333. The summed E-state index contributed by atoms with van der Waals surface area (Å²) in [6.45, 7) is 0.431. The first kappa shape index (κ1) is 13.5. The third-order valence-corrected chi connectivity index (χ3v) is 4.25. The second kappa shape index (κ2) is 5.00. The van der Waals surface area contributed by atoms with Crippen LogP contribution in [0.25, 0.3) is 0 Å². The maximum atomic E-state index is 12.0. The molecule has 7 heteroatoms. The minimum absolute atomic E-state index is 0.431. The first-order chi connectivity index (χ1) is 8.89. The highest BCUT2D eigenvalue weighted by molar-refractivity contribution is 7.92. The number of carboxylic acid groups (broad SMARTS) is 1. The summed E-state index contributed by atoms with van der Waals surface area (Å²) in [7, 11) is -3.91. The molecular formula is C12H13NO5S. The lowest BCUT2D eigenvalue weighted by Gasteiger charge is -2.16. The molecule has 102 valence electrons. The lowest BCUT2D eigenvalue weighted by atomic mass is 10.2. The van der Waals surface area contributed by atoms with Gasteiger partial charge in [0, 0.05) is 12.2 Å². The maximum absolute atomic E-state index is 12.0. The van der Waals surface area contributed by atoms with Gasteiger partial charge in [-0.2, -0.15) is 0 Å². The van der Waals surface area contributed by atoms with Gasteiger partial charge in [0.25, 0.3) is 0 Å². The summed E-state index contributed by atoms with van der Waals surface area (Å²) >= 11 is 0. The number of carboxylic acids is 1. The molecular weight excluding hydrogens is 270 g/mol. The van der Waals surface area contributed by atoms with Crippen molar-refractivity contribution in [2.75, 3.05) is 23.0 Å². The molecule has 1 N–H and O–H groups in total. The summed E-state index contributed by atoms with van der Waals surface area (Å²) < 4.78 is 23.0. The number of benzene rings is 1. The molecule has 1 heterocycles. The minimum Gasteiger partial charge on any atom is -0.480 e. The molecule has 0 unspecified atom stereocenters. The van der Waals surface area contributed by atoms with Crippen molar-refractivity contribution in [2.24, 2.45) is 0 Å². The number of rotatable bonds is 4. The topological polar surface area (TPSA) is 91.7 Å². The normalized spacial score (nSPS) is 14.2. The number of anilines is 1. The summed E-state index contributed by atoms with van der Waals surface area (Å²) in [5.74, 6) is -3.82. The number of carbonyl (C=O) groups excluding carboxylic acids is 1. The number of amides is 1. The van der Waals surface area contributed by atoms with E-state index in [-0.39, 0.29) is 0 Å². The molecule has 0 aromatic heterocycles. The monoisotopic (exact) mass is 283 g/mol. The number of para-hydroxylation sites is 1. The van der Waals surface area contributed by atoms with E-state index in [1.165, 1.54) is 4.90 Å². The van der Waals surface area contributed by atoms with Crippen molar-refractivity contribution in [3.05, 3.63) is 29.8 Å². The molecule has 0 fully saturated rings. The fourth-order valence-electron chi connectivity index (χ4n) is 2.10. The van der Waals surface area contributed by atoms with Crippen LogP contribution in [-0.2, 0) is 25.8 Å². The Kier molecular flexibility index (Phi) is 3.57. The van der Waals surface area contributed by atoms with E-state index in [1.807, 2.05) is 12.1 Å². The number of carbonyl (C=O) groups is 2. The fourth-order valence-corrected chi connectivity index (χ4v) is 3.11. The van der Waals surface area contributed by atoms with E-state index in [1.54, 1.807) is 12.1 Å². The summed E-state index contributed by atoms with van der Waals surface area (Å²) in [5, 5.41) is 8.48. The lowest BCUT2D eigenvalue weighted by molar-refractivity contribution is -0.134. The van der Waals surface area contributed by atoms with E-state index in [9.17, 15) is 18.0 Å². The van der Waals surface area contributed by atoms with Gasteiger partial charge in [-0.1, -0.05) is 18.2 Å². The molecule has 1 amide bonds. The van der Waals surface area contributed by atoms with Gasteiger partial charge in [0.2, 0.25) is 5.91 Å². The lowest BCUT2D eigenvalue weighted by Crippen LogP contribution is -2.36. The summed E-state index contributed by atoms with van der Waals surface area (Å²) in [5.41, 5.74) is 1.70. The third-order valence-electron chi connectivity index (χ3n) is 2.87. The Labute approximate surface area is 110 Å². The highest BCUT2D eigenvalue weighted by Crippen LogP contribution is 2.27. The Hall–Kier alpha value is -1.89. The van der Waals surface area contributed by atoms with Crippen LogP contribution in [0, 0.1) is 0 Å². The van der Waals surface area contributed by atoms with Crippen molar-refractivity contribution < 1.29 is 23.1 Å². The van der Waals surface area contributed by atoms with Crippen LogP contribution in [-0.4, -0.2) is 43.5 Å². The van der Waals surface area contributed by atoms with Crippen LogP contribution < -0.4 is 4.90 Å². The first-order valence-electron chi connectivity index (χ1n) is 5.69. The molecule has 1 aromatic carbocycles. The Morgan fingerprint density at radius 3 is 2.58 bits per heavy atom. The molecule has 0 radical (unpaired) electrons. The number of hydrogen-bond donors (Lipinski definition) is 1. The zero-order chi connectivity index (χ0) is 14.0. The van der Waals surface area contributed by atoms with Gasteiger partial charge < -0.3 is 10.0 Å². The standard InChI is InChI=1S/C12H13NO5S/c14-11(7-19(17,18)8-12(15)16)13-6-5-9-3-1-2-4-10(9)13/h1-4H,5-8H2,(H,15,16). The molecule has 0 saturated heterocycles. The summed E-state index contributed by atoms with van der Waals surface area (Å²) in [6, 6.07) is 7.27. The van der Waals surface area contributed by atoms with Crippen molar-refractivity contribution in [2.45, 2.75) is 6.42 Å². The average Bonchev–Trinajstić information content (AvgIpc) is 2.69. The molecule has 0 spiro atoms. The molecule has 6 nitrogen and oxygen atoms in total. The number of fused-ring (bicyclic) bond motifs is 1. The van der Waals surface area contributed by atoms with Gasteiger partial charge in [-0.05, 0) is 18.1 Å². The third kappa shape index (κ3) is 3.11. The molecule has 0 saturated carbocycles. The van der Waals surface area contributed by atoms with Gasteiger partial charge in [0.05, 0.1) is 0 Å². The Bertz CT molecular complexity index is 623. The molecule has 0 bridgehead atoms. The number of nitrogens with zero attached hydrogens (tertiary/aromatic N) is 1. The van der Waals surface area contributed by atoms with E-state index >= 15 is 0 Å². The van der Waals surface area contributed by atoms with E-state index in [4.69, 9.17) is 5.11 Å². The van der Waals surface area contributed by atoms with Gasteiger partial charge in [-0.15, -0.1) is 0 Å². The predicted octanol–water partition coefficient (Wildman–Crippen LogP) is 0.0751. The van der Waals surface area contributed by atoms with Crippen LogP contribution in [0.5, 0.6) is 0 Å². The molecule has 1 aliphatic heterocycles. The van der Waals surface area contributed by atoms with E-state index in [0.29, 0.717) is 18.7 Å². The largest absolute Gasteiger partial charge is 0.480 e.